The van der Waals surface area contributed by atoms with E-state index in [1.165, 1.54) is 31.3 Å². The Kier molecular flexibility index (Phi) is 5.22. The van der Waals surface area contributed by atoms with Crippen LogP contribution in [0.2, 0.25) is 0 Å². The van der Waals surface area contributed by atoms with Crippen LogP contribution in [0.4, 0.5) is 4.39 Å². The van der Waals surface area contributed by atoms with Gasteiger partial charge in [0, 0.05) is 26.6 Å². The van der Waals surface area contributed by atoms with Gasteiger partial charge in [0.05, 0.1) is 6.07 Å². The minimum absolute atomic E-state index is 0.0828. The Morgan fingerprint density at radius 2 is 2.00 bits per heavy atom. The van der Waals surface area contributed by atoms with E-state index in [1.807, 2.05) is 6.07 Å². The van der Waals surface area contributed by atoms with Gasteiger partial charge in [-0.3, -0.25) is 0 Å². The van der Waals surface area contributed by atoms with Crippen molar-refractivity contribution in [3.63, 3.8) is 0 Å². The van der Waals surface area contributed by atoms with Gasteiger partial charge in [-0.2, -0.15) is 22.7 Å². The third kappa shape index (κ3) is 4.41. The highest BCUT2D eigenvalue weighted by Crippen LogP contribution is 2.04. The summed E-state index contributed by atoms with van der Waals surface area (Å²) < 4.78 is 39.5. The summed E-state index contributed by atoms with van der Waals surface area (Å²) in [7, 11) is -2.21. The van der Waals surface area contributed by atoms with Crippen LogP contribution in [-0.2, 0) is 16.8 Å². The van der Waals surface area contributed by atoms with E-state index in [9.17, 15) is 12.8 Å². The molecule has 0 amide bonds. The molecule has 0 saturated heterocycles. The van der Waals surface area contributed by atoms with E-state index in [2.05, 4.69) is 4.72 Å². The van der Waals surface area contributed by atoms with E-state index in [1.54, 1.807) is 0 Å². The largest absolute Gasteiger partial charge is 0.279 e. The Hall–Kier alpha value is -1.49. The van der Waals surface area contributed by atoms with Crippen LogP contribution in [-0.4, -0.2) is 26.3 Å². The number of nitrogens with zero attached hydrogens (tertiary/aromatic N) is 2. The Morgan fingerprint density at radius 1 is 1.39 bits per heavy atom. The molecule has 0 aliphatic heterocycles. The summed E-state index contributed by atoms with van der Waals surface area (Å²) in [6.07, 6.45) is 0.133. The highest BCUT2D eigenvalue weighted by Gasteiger charge is 2.16. The van der Waals surface area contributed by atoms with Crippen molar-refractivity contribution in [2.24, 2.45) is 0 Å². The van der Waals surface area contributed by atoms with Crippen molar-refractivity contribution in [3.8, 4) is 6.07 Å². The van der Waals surface area contributed by atoms with Crippen molar-refractivity contribution in [1.82, 2.24) is 9.03 Å². The number of nitriles is 1. The lowest BCUT2D eigenvalue weighted by Gasteiger charge is -2.16. The van der Waals surface area contributed by atoms with Crippen LogP contribution in [0.15, 0.2) is 24.3 Å². The van der Waals surface area contributed by atoms with Gasteiger partial charge in [-0.05, 0) is 17.7 Å². The summed E-state index contributed by atoms with van der Waals surface area (Å²) in [6, 6.07) is 7.42. The van der Waals surface area contributed by atoms with Gasteiger partial charge >= 0.3 is 0 Å². The van der Waals surface area contributed by atoms with Crippen molar-refractivity contribution in [3.05, 3.63) is 35.6 Å². The maximum absolute atomic E-state index is 12.7. The normalized spacial score (nSPS) is 11.4. The van der Waals surface area contributed by atoms with Crippen LogP contribution in [0.5, 0.6) is 0 Å². The van der Waals surface area contributed by atoms with E-state index < -0.39 is 10.2 Å². The van der Waals surface area contributed by atoms with Crippen LogP contribution < -0.4 is 4.72 Å². The third-order valence-corrected chi connectivity index (χ3v) is 3.83. The SMILES string of the molecule is CN(CCC#N)S(=O)(=O)NCc1ccc(F)cc1. The second-order valence-electron chi connectivity index (χ2n) is 3.68. The number of hydrogen-bond acceptors (Lipinski definition) is 3. The molecule has 0 heterocycles. The Morgan fingerprint density at radius 3 is 2.56 bits per heavy atom. The molecule has 98 valence electrons. The van der Waals surface area contributed by atoms with Crippen LogP contribution in [0.25, 0.3) is 0 Å². The van der Waals surface area contributed by atoms with Gasteiger partial charge in [0.15, 0.2) is 0 Å². The maximum atomic E-state index is 12.7. The van der Waals surface area contributed by atoms with E-state index >= 15 is 0 Å². The molecule has 0 fully saturated rings. The van der Waals surface area contributed by atoms with E-state index in [0.29, 0.717) is 5.56 Å². The monoisotopic (exact) mass is 271 g/mol. The lowest BCUT2D eigenvalue weighted by atomic mass is 10.2. The number of rotatable bonds is 6. The molecule has 1 rings (SSSR count). The Balaban J connectivity index is 2.56. The van der Waals surface area contributed by atoms with Crippen molar-refractivity contribution in [2.45, 2.75) is 13.0 Å². The Bertz CT molecular complexity index is 522. The maximum Gasteiger partial charge on any atom is 0.279 e. The summed E-state index contributed by atoms with van der Waals surface area (Å²) in [4.78, 5) is 0. The first-order chi connectivity index (χ1) is 8.45. The van der Waals surface area contributed by atoms with Crippen LogP contribution in [0.1, 0.15) is 12.0 Å². The average molecular weight is 271 g/mol. The highest BCUT2D eigenvalue weighted by molar-refractivity contribution is 7.87. The molecule has 0 aliphatic carbocycles. The minimum atomic E-state index is -3.60. The molecule has 0 atom stereocenters. The zero-order chi connectivity index (χ0) is 13.6. The molecule has 0 spiro atoms. The van der Waals surface area contributed by atoms with Gasteiger partial charge in [-0.15, -0.1) is 0 Å². The van der Waals surface area contributed by atoms with Crippen molar-refractivity contribution >= 4 is 10.2 Å². The summed E-state index contributed by atoms with van der Waals surface area (Å²) in [6.45, 7) is 0.217. The van der Waals surface area contributed by atoms with E-state index in [0.717, 1.165) is 4.31 Å². The van der Waals surface area contributed by atoms with Gasteiger partial charge in [-0.25, -0.2) is 4.39 Å². The second-order valence-corrected chi connectivity index (χ2v) is 5.54. The van der Waals surface area contributed by atoms with Crippen LogP contribution >= 0.6 is 0 Å². The quantitative estimate of drug-likeness (QED) is 0.839. The molecular formula is C11H14FN3O2S. The average Bonchev–Trinajstić information content (AvgIpc) is 2.35. The van der Waals surface area contributed by atoms with Gasteiger partial charge < -0.3 is 0 Å². The van der Waals surface area contributed by atoms with Gasteiger partial charge in [0.1, 0.15) is 5.82 Å². The molecule has 0 saturated carbocycles. The van der Waals surface area contributed by atoms with Crippen molar-refractivity contribution < 1.29 is 12.8 Å². The summed E-state index contributed by atoms with van der Waals surface area (Å²) in [5.41, 5.74) is 0.661. The molecule has 0 aliphatic rings. The summed E-state index contributed by atoms with van der Waals surface area (Å²) in [5.74, 6) is -0.368. The summed E-state index contributed by atoms with van der Waals surface area (Å²) >= 11 is 0. The molecule has 5 nitrogen and oxygen atoms in total. The summed E-state index contributed by atoms with van der Waals surface area (Å²) in [5, 5.41) is 8.39. The molecular weight excluding hydrogens is 257 g/mol. The third-order valence-electron chi connectivity index (χ3n) is 2.32. The van der Waals surface area contributed by atoms with Crippen molar-refractivity contribution in [2.75, 3.05) is 13.6 Å². The predicted molar refractivity (Wildman–Crippen MR) is 65.0 cm³/mol. The second kappa shape index (κ2) is 6.44. The topological polar surface area (TPSA) is 73.2 Å². The molecule has 1 aromatic rings. The fourth-order valence-electron chi connectivity index (χ4n) is 1.21. The zero-order valence-corrected chi connectivity index (χ0v) is 10.7. The van der Waals surface area contributed by atoms with Gasteiger partial charge in [0.25, 0.3) is 10.2 Å². The predicted octanol–water partition coefficient (Wildman–Crippen LogP) is 1.01. The number of hydrogen-bond donors (Lipinski definition) is 1. The van der Waals surface area contributed by atoms with Crippen molar-refractivity contribution in [1.29, 1.82) is 5.26 Å². The first kappa shape index (κ1) is 14.6. The first-order valence-corrected chi connectivity index (χ1v) is 6.72. The van der Waals surface area contributed by atoms with E-state index in [-0.39, 0.29) is 25.3 Å². The molecule has 0 radical (unpaired) electrons. The molecule has 1 N–H and O–H groups in total. The highest BCUT2D eigenvalue weighted by atomic mass is 32.2. The number of benzene rings is 1. The number of nitrogens with one attached hydrogen (secondary N) is 1. The smallest absolute Gasteiger partial charge is 0.207 e. The first-order valence-electron chi connectivity index (χ1n) is 5.28. The molecule has 1 aromatic carbocycles. The molecule has 0 aromatic heterocycles. The molecule has 0 unspecified atom stereocenters. The van der Waals surface area contributed by atoms with Gasteiger partial charge in [-0.1, -0.05) is 12.1 Å². The van der Waals surface area contributed by atoms with Crippen LogP contribution in [0.3, 0.4) is 0 Å². The number of halogens is 1. The zero-order valence-electron chi connectivity index (χ0n) is 9.93. The van der Waals surface area contributed by atoms with Crippen LogP contribution in [0, 0.1) is 17.1 Å². The minimum Gasteiger partial charge on any atom is -0.207 e. The molecule has 0 bridgehead atoms. The Labute approximate surface area is 106 Å². The fourth-order valence-corrected chi connectivity index (χ4v) is 2.12. The lowest BCUT2D eigenvalue weighted by molar-refractivity contribution is 0.464. The van der Waals surface area contributed by atoms with E-state index in [4.69, 9.17) is 5.26 Å². The molecule has 7 heteroatoms. The lowest BCUT2D eigenvalue weighted by Crippen LogP contribution is -2.38. The fraction of sp³-hybridized carbons (Fsp3) is 0.364. The molecule has 18 heavy (non-hydrogen) atoms. The standard InChI is InChI=1S/C11H14FN3O2S/c1-15(8-2-7-13)18(16,17)14-9-10-3-5-11(12)6-4-10/h3-6,14H,2,8-9H2,1H3. The van der Waals surface area contributed by atoms with Gasteiger partial charge in [0.2, 0.25) is 0 Å².